The second-order valence-electron chi connectivity index (χ2n) is 3.86. The van der Waals surface area contributed by atoms with Gasteiger partial charge in [-0.15, -0.1) is 0 Å². The zero-order valence-corrected chi connectivity index (χ0v) is 9.99. The van der Waals surface area contributed by atoms with Gasteiger partial charge in [-0.2, -0.15) is 0 Å². The van der Waals surface area contributed by atoms with Crippen LogP contribution in [0.25, 0.3) is 0 Å². The van der Waals surface area contributed by atoms with Gasteiger partial charge in [0.05, 0.1) is 5.56 Å². The van der Waals surface area contributed by atoms with Crippen LogP contribution in [0.15, 0.2) is 29.2 Å². The molecule has 2 rings (SSSR count). The zero-order chi connectivity index (χ0) is 11.9. The number of sulfonamides is 1. The zero-order valence-electron chi connectivity index (χ0n) is 9.17. The molecule has 0 saturated carbocycles. The van der Waals surface area contributed by atoms with Crippen molar-refractivity contribution in [3.8, 4) is 0 Å². The van der Waals surface area contributed by atoms with Gasteiger partial charge >= 0.3 is 0 Å². The molecule has 1 amide bonds. The lowest BCUT2D eigenvalue weighted by Gasteiger charge is -2.21. The second-order valence-corrected chi connectivity index (χ2v) is 5.64. The average Bonchev–Trinajstić information content (AvgIpc) is 2.47. The first kappa shape index (κ1) is 11.1. The summed E-state index contributed by atoms with van der Waals surface area (Å²) in [5, 5.41) is 0. The first-order chi connectivity index (χ1) is 7.50. The van der Waals surface area contributed by atoms with Crippen LogP contribution in [0.4, 0.5) is 0 Å². The van der Waals surface area contributed by atoms with E-state index in [1.807, 2.05) is 6.92 Å². The maximum Gasteiger partial charge on any atom is 0.269 e. The molecule has 1 aliphatic rings. The van der Waals surface area contributed by atoms with Gasteiger partial charge in [0, 0.05) is 6.04 Å². The maximum atomic E-state index is 12.1. The molecule has 0 spiro atoms. The third-order valence-corrected chi connectivity index (χ3v) is 4.80. The normalized spacial score (nSPS) is 19.6. The molecule has 86 valence electrons. The van der Waals surface area contributed by atoms with E-state index in [0.29, 0.717) is 6.42 Å². The largest absolute Gasteiger partial charge is 0.269 e. The van der Waals surface area contributed by atoms with E-state index in [1.165, 1.54) is 6.07 Å². The van der Waals surface area contributed by atoms with Crippen LogP contribution in [0.3, 0.4) is 0 Å². The summed E-state index contributed by atoms with van der Waals surface area (Å²) in [6, 6.07) is 6.03. The number of carbonyl (C=O) groups excluding carboxylic acids is 1. The Bertz CT molecular complexity index is 536. The Morgan fingerprint density at radius 1 is 1.31 bits per heavy atom. The molecule has 1 aliphatic heterocycles. The number of fused-ring (bicyclic) bond motifs is 1. The predicted molar refractivity (Wildman–Crippen MR) is 59.6 cm³/mol. The summed E-state index contributed by atoms with van der Waals surface area (Å²) in [7, 11) is -3.62. The van der Waals surface area contributed by atoms with Gasteiger partial charge in [-0.25, -0.2) is 12.7 Å². The molecule has 1 aromatic rings. The highest BCUT2D eigenvalue weighted by atomic mass is 32.2. The topological polar surface area (TPSA) is 54.5 Å². The Kier molecular flexibility index (Phi) is 2.50. The van der Waals surface area contributed by atoms with Crippen LogP contribution in [-0.2, 0) is 10.0 Å². The molecule has 0 aliphatic carbocycles. The molecule has 1 heterocycles. The lowest BCUT2D eigenvalue weighted by molar-refractivity contribution is 0.0837. The van der Waals surface area contributed by atoms with E-state index in [1.54, 1.807) is 25.1 Å². The summed E-state index contributed by atoms with van der Waals surface area (Å²) in [4.78, 5) is 12.1. The monoisotopic (exact) mass is 239 g/mol. The molecule has 16 heavy (non-hydrogen) atoms. The SMILES string of the molecule is CCC(C)N1C(=O)c2ccccc2S1(=O)=O. The fourth-order valence-corrected chi connectivity index (χ4v) is 3.64. The fraction of sp³-hybridized carbons (Fsp3) is 0.364. The molecule has 1 unspecified atom stereocenters. The number of rotatable bonds is 2. The van der Waals surface area contributed by atoms with E-state index in [-0.39, 0.29) is 16.5 Å². The van der Waals surface area contributed by atoms with Gasteiger partial charge < -0.3 is 0 Å². The van der Waals surface area contributed by atoms with Gasteiger partial charge in [0.1, 0.15) is 4.90 Å². The summed E-state index contributed by atoms with van der Waals surface area (Å²) in [6.07, 6.45) is 0.610. The van der Waals surface area contributed by atoms with Crippen LogP contribution in [0.1, 0.15) is 30.6 Å². The van der Waals surface area contributed by atoms with Crippen molar-refractivity contribution in [3.05, 3.63) is 29.8 Å². The van der Waals surface area contributed by atoms with Crippen LogP contribution in [0.5, 0.6) is 0 Å². The van der Waals surface area contributed by atoms with Gasteiger partial charge in [-0.05, 0) is 25.5 Å². The van der Waals surface area contributed by atoms with Crippen LogP contribution >= 0.6 is 0 Å². The van der Waals surface area contributed by atoms with Crippen molar-refractivity contribution >= 4 is 15.9 Å². The molecule has 0 fully saturated rings. The van der Waals surface area contributed by atoms with E-state index >= 15 is 0 Å². The molecular weight excluding hydrogens is 226 g/mol. The summed E-state index contributed by atoms with van der Waals surface area (Å²) in [6.45, 7) is 3.60. The van der Waals surface area contributed by atoms with Gasteiger partial charge in [0.2, 0.25) is 0 Å². The summed E-state index contributed by atoms with van der Waals surface area (Å²) in [5.74, 6) is -0.412. The lowest BCUT2D eigenvalue weighted by atomic mass is 10.2. The highest BCUT2D eigenvalue weighted by Crippen LogP contribution is 2.32. The third-order valence-electron chi connectivity index (χ3n) is 2.85. The van der Waals surface area contributed by atoms with E-state index in [4.69, 9.17) is 0 Å². The van der Waals surface area contributed by atoms with E-state index in [9.17, 15) is 13.2 Å². The first-order valence-electron chi connectivity index (χ1n) is 5.18. The molecule has 5 heteroatoms. The lowest BCUT2D eigenvalue weighted by Crippen LogP contribution is -2.37. The molecule has 0 aromatic heterocycles. The minimum atomic E-state index is -3.62. The highest BCUT2D eigenvalue weighted by Gasteiger charge is 2.42. The third kappa shape index (κ3) is 1.35. The molecule has 0 saturated heterocycles. The van der Waals surface area contributed by atoms with Crippen LogP contribution in [0, 0.1) is 0 Å². The van der Waals surface area contributed by atoms with Crippen LogP contribution < -0.4 is 0 Å². The molecule has 0 radical (unpaired) electrons. The van der Waals surface area contributed by atoms with Gasteiger partial charge in [-0.1, -0.05) is 19.1 Å². The molecule has 0 N–H and O–H groups in total. The fourth-order valence-electron chi connectivity index (χ4n) is 1.80. The van der Waals surface area contributed by atoms with E-state index < -0.39 is 15.9 Å². The smallest absolute Gasteiger partial charge is 0.268 e. The van der Waals surface area contributed by atoms with Crippen molar-refractivity contribution < 1.29 is 13.2 Å². The van der Waals surface area contributed by atoms with Crippen molar-refractivity contribution in [2.24, 2.45) is 0 Å². The van der Waals surface area contributed by atoms with Crippen LogP contribution in [-0.4, -0.2) is 24.7 Å². The van der Waals surface area contributed by atoms with Gasteiger partial charge in [0.15, 0.2) is 0 Å². The van der Waals surface area contributed by atoms with Crippen molar-refractivity contribution in [2.45, 2.75) is 31.2 Å². The Morgan fingerprint density at radius 2 is 1.94 bits per heavy atom. The summed E-state index contributed by atoms with van der Waals surface area (Å²) in [5.41, 5.74) is 0.280. The Morgan fingerprint density at radius 3 is 2.50 bits per heavy atom. The number of carbonyl (C=O) groups is 1. The Hall–Kier alpha value is -1.36. The minimum absolute atomic E-state index is 0.125. The first-order valence-corrected chi connectivity index (χ1v) is 6.62. The summed E-state index contributed by atoms with van der Waals surface area (Å²) < 4.78 is 25.2. The highest BCUT2D eigenvalue weighted by molar-refractivity contribution is 7.90. The quantitative estimate of drug-likeness (QED) is 0.788. The molecule has 4 nitrogen and oxygen atoms in total. The number of amides is 1. The van der Waals surface area contributed by atoms with E-state index in [0.717, 1.165) is 4.31 Å². The number of benzene rings is 1. The van der Waals surface area contributed by atoms with Crippen LogP contribution in [0.2, 0.25) is 0 Å². The van der Waals surface area contributed by atoms with Gasteiger partial charge in [-0.3, -0.25) is 4.79 Å². The average molecular weight is 239 g/mol. The van der Waals surface area contributed by atoms with Crippen molar-refractivity contribution in [3.63, 3.8) is 0 Å². The summed E-state index contributed by atoms with van der Waals surface area (Å²) >= 11 is 0. The van der Waals surface area contributed by atoms with Crippen molar-refractivity contribution in [1.29, 1.82) is 0 Å². The van der Waals surface area contributed by atoms with Crippen molar-refractivity contribution in [1.82, 2.24) is 4.31 Å². The molecular formula is C11H13NO3S. The standard InChI is InChI=1S/C11H13NO3S/c1-3-8(2)12-11(13)9-6-4-5-7-10(9)16(12,14)15/h4-8H,3H2,1-2H3. The van der Waals surface area contributed by atoms with E-state index in [2.05, 4.69) is 0 Å². The molecule has 0 bridgehead atoms. The minimum Gasteiger partial charge on any atom is -0.268 e. The second kappa shape index (κ2) is 3.59. The molecule has 1 aromatic carbocycles. The Balaban J connectivity index is 2.63. The van der Waals surface area contributed by atoms with Crippen molar-refractivity contribution in [2.75, 3.05) is 0 Å². The number of hydrogen-bond donors (Lipinski definition) is 0. The van der Waals surface area contributed by atoms with Gasteiger partial charge in [0.25, 0.3) is 15.9 Å². The number of hydrogen-bond acceptors (Lipinski definition) is 3. The molecule has 1 atom stereocenters. The number of nitrogens with zero attached hydrogens (tertiary/aromatic N) is 1. The Labute approximate surface area is 94.9 Å². The maximum absolute atomic E-state index is 12.1. The predicted octanol–water partition coefficient (Wildman–Crippen LogP) is 1.63.